The third-order valence-electron chi connectivity index (χ3n) is 4.49. The van der Waals surface area contributed by atoms with Gasteiger partial charge in [0.15, 0.2) is 0 Å². The van der Waals surface area contributed by atoms with Gasteiger partial charge in [-0.15, -0.1) is 22.7 Å². The van der Waals surface area contributed by atoms with E-state index in [4.69, 9.17) is 11.6 Å². The second-order valence-corrected chi connectivity index (χ2v) is 9.30. The molecule has 4 rings (SSSR count). The average molecular weight is 432 g/mol. The highest BCUT2D eigenvalue weighted by molar-refractivity contribution is 7.23. The summed E-state index contributed by atoms with van der Waals surface area (Å²) in [5.41, 5.74) is 2.13. The van der Waals surface area contributed by atoms with Crippen LogP contribution in [0.25, 0.3) is 9.88 Å². The zero-order chi connectivity index (χ0) is 19.7. The number of amides is 2. The molecular formula is C20H18ClN3O2S2. The molecule has 2 N–H and O–H groups in total. The summed E-state index contributed by atoms with van der Waals surface area (Å²) in [5, 5.41) is 8.41. The van der Waals surface area contributed by atoms with E-state index in [1.165, 1.54) is 22.7 Å². The number of rotatable bonds is 6. The molecule has 28 heavy (non-hydrogen) atoms. The monoisotopic (exact) mass is 431 g/mol. The summed E-state index contributed by atoms with van der Waals surface area (Å²) in [7, 11) is 0. The van der Waals surface area contributed by atoms with Gasteiger partial charge in [0.2, 0.25) is 5.91 Å². The van der Waals surface area contributed by atoms with Crippen LogP contribution in [0.1, 0.15) is 41.9 Å². The van der Waals surface area contributed by atoms with Crippen molar-refractivity contribution in [2.45, 2.75) is 25.8 Å². The molecule has 1 fully saturated rings. The number of thiophene rings is 1. The second-order valence-electron chi connectivity index (χ2n) is 6.72. The van der Waals surface area contributed by atoms with Crippen LogP contribution in [0.15, 0.2) is 41.8 Å². The number of benzene rings is 1. The van der Waals surface area contributed by atoms with E-state index in [2.05, 4.69) is 15.6 Å². The van der Waals surface area contributed by atoms with Crippen molar-refractivity contribution in [3.05, 3.63) is 57.4 Å². The fourth-order valence-electron chi connectivity index (χ4n) is 2.72. The molecule has 0 saturated heterocycles. The van der Waals surface area contributed by atoms with Crippen LogP contribution in [0.2, 0.25) is 4.34 Å². The van der Waals surface area contributed by atoms with Gasteiger partial charge in [-0.2, -0.15) is 0 Å². The van der Waals surface area contributed by atoms with Crippen LogP contribution in [0, 0.1) is 5.92 Å². The van der Waals surface area contributed by atoms with Crippen molar-refractivity contribution in [2.24, 2.45) is 5.92 Å². The van der Waals surface area contributed by atoms with Gasteiger partial charge in [-0.3, -0.25) is 9.59 Å². The molecule has 2 aromatic heterocycles. The maximum absolute atomic E-state index is 12.5. The molecule has 5 nitrogen and oxygen atoms in total. The van der Waals surface area contributed by atoms with Crippen molar-refractivity contribution in [3.8, 4) is 9.88 Å². The first-order valence-corrected chi connectivity index (χ1v) is 11.0. The van der Waals surface area contributed by atoms with Crippen LogP contribution >= 0.6 is 34.3 Å². The summed E-state index contributed by atoms with van der Waals surface area (Å²) < 4.78 is 0.696. The van der Waals surface area contributed by atoms with E-state index >= 15 is 0 Å². The standard InChI is InChI=1S/C20H18ClN3O2S2/c1-11(12-4-6-14(7-5-12)23-18(25)13-2-3-13)22-19(26)15-10-27-20(24-15)16-8-9-17(21)28-16/h4-11,13H,2-3H2,1H3,(H,22,26)(H,23,25). The van der Waals surface area contributed by atoms with Crippen molar-refractivity contribution in [1.82, 2.24) is 10.3 Å². The van der Waals surface area contributed by atoms with E-state index in [1.54, 1.807) is 5.38 Å². The Morgan fingerprint density at radius 1 is 1.18 bits per heavy atom. The van der Waals surface area contributed by atoms with Gasteiger partial charge in [0.1, 0.15) is 10.7 Å². The number of carbonyl (C=O) groups excluding carboxylic acids is 2. The molecule has 1 aliphatic carbocycles. The quantitative estimate of drug-likeness (QED) is 0.551. The lowest BCUT2D eigenvalue weighted by molar-refractivity contribution is -0.117. The second kappa shape index (κ2) is 8.03. The summed E-state index contributed by atoms with van der Waals surface area (Å²) in [5.74, 6) is 0.0373. The molecule has 3 aromatic rings. The molecule has 0 aliphatic heterocycles. The smallest absolute Gasteiger partial charge is 0.271 e. The largest absolute Gasteiger partial charge is 0.344 e. The van der Waals surface area contributed by atoms with E-state index in [-0.39, 0.29) is 23.8 Å². The molecule has 1 aliphatic rings. The fraction of sp³-hybridized carbons (Fsp3) is 0.250. The minimum Gasteiger partial charge on any atom is -0.344 e. The van der Waals surface area contributed by atoms with Crippen LogP contribution in [0.4, 0.5) is 5.69 Å². The van der Waals surface area contributed by atoms with E-state index in [9.17, 15) is 9.59 Å². The van der Waals surface area contributed by atoms with Crippen molar-refractivity contribution < 1.29 is 9.59 Å². The van der Waals surface area contributed by atoms with Gasteiger partial charge >= 0.3 is 0 Å². The Morgan fingerprint density at radius 3 is 2.57 bits per heavy atom. The Kier molecular flexibility index (Phi) is 5.48. The van der Waals surface area contributed by atoms with Gasteiger partial charge in [-0.05, 0) is 49.6 Å². The predicted octanol–water partition coefficient (Wildman–Crippen LogP) is 5.36. The fourth-order valence-corrected chi connectivity index (χ4v) is 4.63. The Bertz CT molecular complexity index is 1010. The molecule has 1 atom stereocenters. The molecule has 144 valence electrons. The van der Waals surface area contributed by atoms with E-state index in [1.807, 2.05) is 43.3 Å². The van der Waals surface area contributed by atoms with Gasteiger partial charge in [0.25, 0.3) is 5.91 Å². The molecule has 2 heterocycles. The third kappa shape index (κ3) is 4.43. The number of hydrogen-bond acceptors (Lipinski definition) is 5. The average Bonchev–Trinajstić information content (AvgIpc) is 3.26. The zero-order valence-corrected chi connectivity index (χ0v) is 17.5. The molecule has 1 aromatic carbocycles. The molecule has 0 spiro atoms. The van der Waals surface area contributed by atoms with Crippen LogP contribution in [-0.2, 0) is 4.79 Å². The molecule has 2 amide bonds. The van der Waals surface area contributed by atoms with E-state index in [0.29, 0.717) is 10.0 Å². The Morgan fingerprint density at radius 2 is 1.93 bits per heavy atom. The first-order valence-electron chi connectivity index (χ1n) is 8.92. The van der Waals surface area contributed by atoms with Gasteiger partial charge in [0.05, 0.1) is 15.3 Å². The SMILES string of the molecule is CC(NC(=O)c1csc(-c2ccc(Cl)s2)n1)c1ccc(NC(=O)C2CC2)cc1. The molecule has 1 saturated carbocycles. The van der Waals surface area contributed by atoms with Crippen LogP contribution < -0.4 is 10.6 Å². The van der Waals surface area contributed by atoms with Crippen molar-refractivity contribution in [1.29, 1.82) is 0 Å². The highest BCUT2D eigenvalue weighted by Crippen LogP contribution is 2.33. The summed E-state index contributed by atoms with van der Waals surface area (Å²) in [6.07, 6.45) is 1.95. The Labute approximate surface area is 175 Å². The van der Waals surface area contributed by atoms with E-state index < -0.39 is 0 Å². The maximum atomic E-state index is 12.5. The summed E-state index contributed by atoms with van der Waals surface area (Å²) in [6, 6.07) is 11.1. The van der Waals surface area contributed by atoms with Gasteiger partial charge in [-0.25, -0.2) is 4.98 Å². The van der Waals surface area contributed by atoms with Crippen LogP contribution in [-0.4, -0.2) is 16.8 Å². The number of carbonyl (C=O) groups is 2. The lowest BCUT2D eigenvalue weighted by Gasteiger charge is -2.14. The normalized spacial score (nSPS) is 14.5. The van der Waals surface area contributed by atoms with Gasteiger partial charge < -0.3 is 10.6 Å². The highest BCUT2D eigenvalue weighted by Gasteiger charge is 2.29. The number of nitrogens with one attached hydrogen (secondary N) is 2. The van der Waals surface area contributed by atoms with Gasteiger partial charge in [-0.1, -0.05) is 23.7 Å². The Hall–Kier alpha value is -2.22. The molecule has 1 unspecified atom stereocenters. The number of anilines is 1. The number of hydrogen-bond donors (Lipinski definition) is 2. The molecule has 0 bridgehead atoms. The number of thiazole rings is 1. The maximum Gasteiger partial charge on any atom is 0.271 e. The molecular weight excluding hydrogens is 414 g/mol. The minimum atomic E-state index is -0.219. The minimum absolute atomic E-state index is 0.0838. The third-order valence-corrected chi connectivity index (χ3v) is 6.74. The predicted molar refractivity (Wildman–Crippen MR) is 114 cm³/mol. The van der Waals surface area contributed by atoms with Crippen molar-refractivity contribution in [3.63, 3.8) is 0 Å². The summed E-state index contributed by atoms with van der Waals surface area (Å²) >= 11 is 8.83. The first kappa shape index (κ1) is 19.1. The lowest BCUT2D eigenvalue weighted by atomic mass is 10.1. The zero-order valence-electron chi connectivity index (χ0n) is 15.1. The number of nitrogens with zero attached hydrogens (tertiary/aromatic N) is 1. The van der Waals surface area contributed by atoms with E-state index in [0.717, 1.165) is 34.0 Å². The highest BCUT2D eigenvalue weighted by atomic mass is 35.5. The first-order chi connectivity index (χ1) is 13.5. The van der Waals surface area contributed by atoms with Gasteiger partial charge in [0, 0.05) is 17.0 Å². The van der Waals surface area contributed by atoms with Crippen LogP contribution in [0.3, 0.4) is 0 Å². The number of halogens is 1. The molecule has 0 radical (unpaired) electrons. The summed E-state index contributed by atoms with van der Waals surface area (Å²) in [4.78, 5) is 29.7. The Balaban J connectivity index is 1.37. The topological polar surface area (TPSA) is 71.1 Å². The van der Waals surface area contributed by atoms with Crippen molar-refractivity contribution in [2.75, 3.05) is 5.32 Å². The van der Waals surface area contributed by atoms with Crippen molar-refractivity contribution >= 4 is 51.8 Å². The number of aromatic nitrogens is 1. The summed E-state index contributed by atoms with van der Waals surface area (Å²) in [6.45, 7) is 1.92. The lowest BCUT2D eigenvalue weighted by Crippen LogP contribution is -2.26. The molecule has 8 heteroatoms. The van der Waals surface area contributed by atoms with Crippen LogP contribution in [0.5, 0.6) is 0 Å².